The van der Waals surface area contributed by atoms with Crippen LogP contribution in [0.5, 0.6) is 0 Å². The molecule has 106 valence electrons. The van der Waals surface area contributed by atoms with Crippen LogP contribution in [-0.4, -0.2) is 21.5 Å². The molecule has 2 rings (SSSR count). The first-order chi connectivity index (χ1) is 9.60. The van der Waals surface area contributed by atoms with Crippen LogP contribution in [0.15, 0.2) is 30.6 Å². The fraction of sp³-hybridized carbons (Fsp3) is 0.400. The zero-order chi connectivity index (χ0) is 14.5. The van der Waals surface area contributed by atoms with Gasteiger partial charge in [-0.25, -0.2) is 9.97 Å². The number of anilines is 2. The molecule has 0 saturated heterocycles. The number of nitrogens with two attached hydrogens (primary N) is 1. The highest BCUT2D eigenvalue weighted by Crippen LogP contribution is 2.20. The second-order valence-electron chi connectivity index (χ2n) is 5.03. The molecular formula is C15H21N5. The quantitative estimate of drug-likeness (QED) is 0.905. The largest absolute Gasteiger partial charge is 0.384 e. The van der Waals surface area contributed by atoms with Gasteiger partial charge in [0.1, 0.15) is 17.5 Å². The van der Waals surface area contributed by atoms with Crippen LogP contribution in [0.1, 0.15) is 38.1 Å². The van der Waals surface area contributed by atoms with Gasteiger partial charge in [-0.05, 0) is 24.6 Å². The SMILES string of the molecule is CCN(Cc1ccncc1)c1cc(N)nc(C(C)C)n1. The zero-order valence-corrected chi connectivity index (χ0v) is 12.2. The van der Waals surface area contributed by atoms with Gasteiger partial charge < -0.3 is 10.6 Å². The highest BCUT2D eigenvalue weighted by molar-refractivity contribution is 5.47. The smallest absolute Gasteiger partial charge is 0.135 e. The lowest BCUT2D eigenvalue weighted by Gasteiger charge is -2.23. The van der Waals surface area contributed by atoms with E-state index in [1.807, 2.05) is 18.2 Å². The molecule has 0 unspecified atom stereocenters. The van der Waals surface area contributed by atoms with Crippen molar-refractivity contribution in [1.29, 1.82) is 0 Å². The molecule has 5 nitrogen and oxygen atoms in total. The van der Waals surface area contributed by atoms with Crippen LogP contribution >= 0.6 is 0 Å². The fourth-order valence-corrected chi connectivity index (χ4v) is 1.96. The molecule has 0 aliphatic carbocycles. The van der Waals surface area contributed by atoms with E-state index in [1.54, 1.807) is 12.4 Å². The predicted octanol–water partition coefficient (Wildman–Crippen LogP) is 2.60. The lowest BCUT2D eigenvalue weighted by atomic mass is 10.2. The van der Waals surface area contributed by atoms with E-state index < -0.39 is 0 Å². The first kappa shape index (κ1) is 14.2. The molecule has 2 aromatic heterocycles. The minimum absolute atomic E-state index is 0.261. The standard InChI is InChI=1S/C15H21N5/c1-4-20(10-12-5-7-17-8-6-12)14-9-13(16)18-15(19-14)11(2)3/h5-9,11H,4,10H2,1-3H3,(H2,16,18,19). The molecule has 0 spiro atoms. The summed E-state index contributed by atoms with van der Waals surface area (Å²) in [4.78, 5) is 15.1. The number of hydrogen-bond donors (Lipinski definition) is 1. The first-order valence-electron chi connectivity index (χ1n) is 6.88. The maximum atomic E-state index is 5.90. The normalized spacial score (nSPS) is 10.8. The first-order valence-corrected chi connectivity index (χ1v) is 6.88. The average Bonchev–Trinajstić information content (AvgIpc) is 2.45. The summed E-state index contributed by atoms with van der Waals surface area (Å²) < 4.78 is 0. The van der Waals surface area contributed by atoms with Crippen LogP contribution in [0, 0.1) is 0 Å². The van der Waals surface area contributed by atoms with E-state index in [9.17, 15) is 0 Å². The van der Waals surface area contributed by atoms with E-state index in [2.05, 4.69) is 40.6 Å². The molecule has 2 heterocycles. The van der Waals surface area contributed by atoms with E-state index in [0.717, 1.165) is 24.7 Å². The van der Waals surface area contributed by atoms with Crippen molar-refractivity contribution >= 4 is 11.6 Å². The summed E-state index contributed by atoms with van der Waals surface area (Å²) in [5.41, 5.74) is 7.09. The van der Waals surface area contributed by atoms with Crippen molar-refractivity contribution in [1.82, 2.24) is 15.0 Å². The van der Waals surface area contributed by atoms with Crippen molar-refractivity contribution in [3.05, 3.63) is 42.0 Å². The molecule has 5 heteroatoms. The van der Waals surface area contributed by atoms with Gasteiger partial charge in [0, 0.05) is 37.5 Å². The Morgan fingerprint density at radius 3 is 2.50 bits per heavy atom. The minimum Gasteiger partial charge on any atom is -0.384 e. The third-order valence-corrected chi connectivity index (χ3v) is 3.09. The molecule has 0 atom stereocenters. The average molecular weight is 271 g/mol. The maximum absolute atomic E-state index is 5.90. The van der Waals surface area contributed by atoms with Crippen LogP contribution in [0.25, 0.3) is 0 Å². The summed E-state index contributed by atoms with van der Waals surface area (Å²) in [6.45, 7) is 7.88. The summed E-state index contributed by atoms with van der Waals surface area (Å²) in [5.74, 6) is 2.44. The Bertz CT molecular complexity index is 553. The Kier molecular flexibility index (Phi) is 4.50. The van der Waals surface area contributed by atoms with Crippen molar-refractivity contribution in [2.45, 2.75) is 33.2 Å². The van der Waals surface area contributed by atoms with Crippen molar-refractivity contribution in [2.24, 2.45) is 0 Å². The molecule has 0 aliphatic rings. The van der Waals surface area contributed by atoms with Gasteiger partial charge in [-0.2, -0.15) is 0 Å². The van der Waals surface area contributed by atoms with E-state index >= 15 is 0 Å². The fourth-order valence-electron chi connectivity index (χ4n) is 1.96. The van der Waals surface area contributed by atoms with Gasteiger partial charge in [-0.1, -0.05) is 13.8 Å². The lowest BCUT2D eigenvalue weighted by Crippen LogP contribution is -2.24. The number of aromatic nitrogens is 3. The van der Waals surface area contributed by atoms with Crippen molar-refractivity contribution in [3.63, 3.8) is 0 Å². The van der Waals surface area contributed by atoms with Crippen molar-refractivity contribution in [2.75, 3.05) is 17.2 Å². The van der Waals surface area contributed by atoms with Crippen molar-refractivity contribution in [3.8, 4) is 0 Å². The number of pyridine rings is 1. The highest BCUT2D eigenvalue weighted by atomic mass is 15.2. The van der Waals surface area contributed by atoms with Gasteiger partial charge in [-0.3, -0.25) is 4.98 Å². The predicted molar refractivity (Wildman–Crippen MR) is 81.5 cm³/mol. The van der Waals surface area contributed by atoms with Crippen LogP contribution in [0.2, 0.25) is 0 Å². The third kappa shape index (κ3) is 3.44. The van der Waals surface area contributed by atoms with Crippen LogP contribution < -0.4 is 10.6 Å². The van der Waals surface area contributed by atoms with Gasteiger partial charge in [0.15, 0.2) is 0 Å². The topological polar surface area (TPSA) is 67.9 Å². The van der Waals surface area contributed by atoms with Crippen LogP contribution in [0.4, 0.5) is 11.6 Å². The lowest BCUT2D eigenvalue weighted by molar-refractivity contribution is 0.750. The van der Waals surface area contributed by atoms with Gasteiger partial charge in [0.05, 0.1) is 0 Å². The molecule has 0 bridgehead atoms. The molecule has 0 saturated carbocycles. The number of rotatable bonds is 5. The maximum Gasteiger partial charge on any atom is 0.135 e. The minimum atomic E-state index is 0.261. The molecule has 20 heavy (non-hydrogen) atoms. The summed E-state index contributed by atoms with van der Waals surface area (Å²) in [6, 6.07) is 5.85. The number of nitrogen functional groups attached to an aromatic ring is 1. The van der Waals surface area contributed by atoms with Gasteiger partial charge in [0.2, 0.25) is 0 Å². The monoisotopic (exact) mass is 271 g/mol. The van der Waals surface area contributed by atoms with Crippen molar-refractivity contribution < 1.29 is 0 Å². The van der Waals surface area contributed by atoms with E-state index in [-0.39, 0.29) is 5.92 Å². The van der Waals surface area contributed by atoms with Gasteiger partial charge in [-0.15, -0.1) is 0 Å². The van der Waals surface area contributed by atoms with E-state index in [0.29, 0.717) is 5.82 Å². The van der Waals surface area contributed by atoms with Gasteiger partial charge in [0.25, 0.3) is 0 Å². The molecule has 2 N–H and O–H groups in total. The highest BCUT2D eigenvalue weighted by Gasteiger charge is 2.12. The Morgan fingerprint density at radius 2 is 1.90 bits per heavy atom. The van der Waals surface area contributed by atoms with E-state index in [4.69, 9.17) is 5.73 Å². The van der Waals surface area contributed by atoms with Crippen LogP contribution in [-0.2, 0) is 6.54 Å². The summed E-state index contributed by atoms with van der Waals surface area (Å²) in [6.07, 6.45) is 3.61. The molecule has 0 fully saturated rings. The van der Waals surface area contributed by atoms with E-state index in [1.165, 1.54) is 5.56 Å². The Labute approximate surface area is 119 Å². The molecular weight excluding hydrogens is 250 g/mol. The summed E-state index contributed by atoms with van der Waals surface area (Å²) in [7, 11) is 0. The van der Waals surface area contributed by atoms with Crippen LogP contribution in [0.3, 0.4) is 0 Å². The zero-order valence-electron chi connectivity index (χ0n) is 12.2. The molecule has 0 amide bonds. The summed E-state index contributed by atoms with van der Waals surface area (Å²) >= 11 is 0. The van der Waals surface area contributed by atoms with Gasteiger partial charge >= 0.3 is 0 Å². The Hall–Kier alpha value is -2.17. The second kappa shape index (κ2) is 6.32. The Balaban J connectivity index is 2.27. The Morgan fingerprint density at radius 1 is 1.20 bits per heavy atom. The number of hydrogen-bond acceptors (Lipinski definition) is 5. The summed E-state index contributed by atoms with van der Waals surface area (Å²) in [5, 5.41) is 0. The third-order valence-electron chi connectivity index (χ3n) is 3.09. The number of nitrogens with zero attached hydrogens (tertiary/aromatic N) is 4. The second-order valence-corrected chi connectivity index (χ2v) is 5.03. The molecule has 0 radical (unpaired) electrons. The molecule has 0 aliphatic heterocycles. The molecule has 0 aromatic carbocycles. The molecule has 2 aromatic rings.